The molecule has 0 rings (SSSR count). The summed E-state index contributed by atoms with van der Waals surface area (Å²) in [6.45, 7) is 8.12. The maximum absolute atomic E-state index is 5.81. The second-order valence-electron chi connectivity index (χ2n) is 13.4. The summed E-state index contributed by atoms with van der Waals surface area (Å²) >= 11 is 0. The van der Waals surface area contributed by atoms with Crippen LogP contribution in [0.4, 0.5) is 0 Å². The molecule has 0 unspecified atom stereocenters. The highest BCUT2D eigenvalue weighted by atomic mass is 16.5. The van der Waals surface area contributed by atoms with Crippen molar-refractivity contribution in [1.82, 2.24) is 0 Å². The lowest BCUT2D eigenvalue weighted by atomic mass is 10.0. The van der Waals surface area contributed by atoms with Gasteiger partial charge in [-0.15, -0.1) is 0 Å². The van der Waals surface area contributed by atoms with Crippen LogP contribution in [-0.4, -0.2) is 26.4 Å². The van der Waals surface area contributed by atoms with E-state index >= 15 is 0 Å². The van der Waals surface area contributed by atoms with Gasteiger partial charge in [0, 0.05) is 26.4 Å². The van der Waals surface area contributed by atoms with Crippen molar-refractivity contribution in [2.45, 2.75) is 226 Å². The van der Waals surface area contributed by atoms with E-state index in [2.05, 4.69) is 20.3 Å². The van der Waals surface area contributed by atoms with Gasteiger partial charge >= 0.3 is 0 Å². The molecular weight excluding hydrogens is 512 g/mol. The van der Waals surface area contributed by atoms with Crippen LogP contribution in [0.3, 0.4) is 0 Å². The molecule has 2 heteroatoms. The van der Waals surface area contributed by atoms with Crippen molar-refractivity contribution in [3.8, 4) is 0 Å². The third kappa shape index (κ3) is 39.9. The molecule has 0 aromatic heterocycles. The predicted octanol–water partition coefficient (Wildman–Crippen LogP) is 14.1. The molecule has 0 fully saturated rings. The first-order chi connectivity index (χ1) is 20.9. The minimum absolute atomic E-state index is 0.793. The van der Waals surface area contributed by atoms with Gasteiger partial charge in [0.05, 0.1) is 0 Å². The van der Waals surface area contributed by atoms with Crippen molar-refractivity contribution < 1.29 is 9.47 Å². The van der Waals surface area contributed by atoms with E-state index in [9.17, 15) is 0 Å². The molecule has 0 saturated heterocycles. The summed E-state index contributed by atoms with van der Waals surface area (Å²) in [6, 6.07) is 0. The fraction of sp³-hybridized carbons (Fsp3) is 0.975. The Morgan fingerprint density at radius 1 is 0.286 bits per heavy atom. The van der Waals surface area contributed by atoms with Crippen molar-refractivity contribution in [2.75, 3.05) is 26.4 Å². The molecule has 2 nitrogen and oxygen atoms in total. The normalized spacial score (nSPS) is 11.6. The molecule has 0 saturated carbocycles. The molecule has 0 aliphatic heterocycles. The average Bonchev–Trinajstić information content (AvgIpc) is 3.00. The van der Waals surface area contributed by atoms with Crippen LogP contribution in [0.15, 0.2) is 0 Å². The fourth-order valence-corrected chi connectivity index (χ4v) is 6.02. The predicted molar refractivity (Wildman–Crippen MR) is 190 cm³/mol. The standard InChI is InChI=1S/C40H81O2/c1-3-5-7-9-11-13-15-17-19-21-23-25-27-29-31-33-37-41-39-35-36-40-42-38-34-32-30-28-26-24-22-20-18-16-14-12-10-8-6-4-2/h35H,3-34,36-40H2,1-2H3. The highest BCUT2D eigenvalue weighted by Crippen LogP contribution is 2.15. The summed E-state index contributed by atoms with van der Waals surface area (Å²) < 4.78 is 11.6. The van der Waals surface area contributed by atoms with Gasteiger partial charge in [-0.1, -0.05) is 206 Å². The van der Waals surface area contributed by atoms with E-state index in [1.54, 1.807) is 0 Å². The largest absolute Gasteiger partial charge is 0.381 e. The Hall–Kier alpha value is -0.0800. The van der Waals surface area contributed by atoms with E-state index in [4.69, 9.17) is 9.47 Å². The molecule has 1 radical (unpaired) electrons. The highest BCUT2D eigenvalue weighted by molar-refractivity contribution is 4.62. The molecule has 0 heterocycles. The minimum atomic E-state index is 0.793. The first kappa shape index (κ1) is 41.9. The lowest BCUT2D eigenvalue weighted by molar-refractivity contribution is 0.118. The van der Waals surface area contributed by atoms with E-state index < -0.39 is 0 Å². The van der Waals surface area contributed by atoms with Gasteiger partial charge < -0.3 is 9.47 Å². The Morgan fingerprint density at radius 2 is 0.548 bits per heavy atom. The summed E-state index contributed by atoms with van der Waals surface area (Å²) in [5.74, 6) is 0. The molecule has 0 aromatic rings. The first-order valence-electron chi connectivity index (χ1n) is 19.9. The lowest BCUT2D eigenvalue weighted by Gasteiger charge is -2.06. The van der Waals surface area contributed by atoms with Crippen molar-refractivity contribution in [2.24, 2.45) is 0 Å². The van der Waals surface area contributed by atoms with Crippen molar-refractivity contribution in [1.29, 1.82) is 0 Å². The fourth-order valence-electron chi connectivity index (χ4n) is 6.02. The summed E-state index contributed by atoms with van der Waals surface area (Å²) in [6.07, 6.45) is 48.8. The number of hydrogen-bond acceptors (Lipinski definition) is 2. The molecule has 253 valence electrons. The quantitative estimate of drug-likeness (QED) is 0.0660. The number of ether oxygens (including phenoxy) is 2. The Labute approximate surface area is 267 Å². The molecule has 0 N–H and O–H groups in total. The third-order valence-electron chi connectivity index (χ3n) is 8.99. The van der Waals surface area contributed by atoms with Crippen molar-refractivity contribution >= 4 is 0 Å². The SMILES string of the molecule is CCCCCCCCCCCCCCCCCCOC[CH]CCOCCCCCCCCCCCCCCCCCC. The summed E-state index contributed by atoms with van der Waals surface area (Å²) in [5.41, 5.74) is 0. The van der Waals surface area contributed by atoms with Crippen LogP contribution < -0.4 is 0 Å². The van der Waals surface area contributed by atoms with Crippen molar-refractivity contribution in [3.05, 3.63) is 6.42 Å². The van der Waals surface area contributed by atoms with Gasteiger partial charge in [0.2, 0.25) is 0 Å². The summed E-state index contributed by atoms with van der Waals surface area (Å²) in [7, 11) is 0. The van der Waals surface area contributed by atoms with Gasteiger partial charge in [-0.2, -0.15) is 0 Å². The number of hydrogen-bond donors (Lipinski definition) is 0. The molecule has 0 atom stereocenters. The minimum Gasteiger partial charge on any atom is -0.381 e. The van der Waals surface area contributed by atoms with Crippen LogP contribution in [0, 0.1) is 6.42 Å². The second kappa shape index (κ2) is 40.9. The van der Waals surface area contributed by atoms with Gasteiger partial charge in [0.25, 0.3) is 0 Å². The first-order valence-corrected chi connectivity index (χ1v) is 19.9. The monoisotopic (exact) mass is 594 g/mol. The van der Waals surface area contributed by atoms with Crippen LogP contribution in [0.25, 0.3) is 0 Å². The zero-order valence-electron chi connectivity index (χ0n) is 29.6. The van der Waals surface area contributed by atoms with Gasteiger partial charge in [-0.3, -0.25) is 0 Å². The van der Waals surface area contributed by atoms with Crippen molar-refractivity contribution in [3.63, 3.8) is 0 Å². The molecule has 0 aromatic carbocycles. The molecular formula is C40H81O2. The van der Waals surface area contributed by atoms with E-state index in [0.717, 1.165) is 32.8 Å². The van der Waals surface area contributed by atoms with Gasteiger partial charge in [0.15, 0.2) is 0 Å². The highest BCUT2D eigenvalue weighted by Gasteiger charge is 1.97. The maximum Gasteiger partial charge on any atom is 0.0498 e. The summed E-state index contributed by atoms with van der Waals surface area (Å²) in [5, 5.41) is 0. The zero-order valence-corrected chi connectivity index (χ0v) is 29.6. The van der Waals surface area contributed by atoms with Gasteiger partial charge in [-0.25, -0.2) is 0 Å². The smallest absolute Gasteiger partial charge is 0.0498 e. The Kier molecular flexibility index (Phi) is 40.8. The molecule has 0 aliphatic carbocycles. The molecule has 0 aliphatic rings. The van der Waals surface area contributed by atoms with Gasteiger partial charge in [-0.05, 0) is 25.7 Å². The van der Waals surface area contributed by atoms with Crippen LogP contribution in [0.5, 0.6) is 0 Å². The van der Waals surface area contributed by atoms with Crippen LogP contribution >= 0.6 is 0 Å². The molecule has 42 heavy (non-hydrogen) atoms. The van der Waals surface area contributed by atoms with E-state index in [1.165, 1.54) is 205 Å². The number of rotatable bonds is 39. The lowest BCUT2D eigenvalue weighted by Crippen LogP contribution is -2.02. The topological polar surface area (TPSA) is 18.5 Å². The van der Waals surface area contributed by atoms with Crippen LogP contribution in [-0.2, 0) is 9.47 Å². The Balaban J connectivity index is 3.02. The van der Waals surface area contributed by atoms with E-state index in [0.29, 0.717) is 0 Å². The molecule has 0 spiro atoms. The van der Waals surface area contributed by atoms with Crippen LogP contribution in [0.2, 0.25) is 0 Å². The average molecular weight is 594 g/mol. The molecule has 0 amide bonds. The number of unbranched alkanes of at least 4 members (excludes halogenated alkanes) is 31. The second-order valence-corrected chi connectivity index (χ2v) is 13.4. The van der Waals surface area contributed by atoms with E-state index in [-0.39, 0.29) is 0 Å². The Bertz CT molecular complexity index is 397. The summed E-state index contributed by atoms with van der Waals surface area (Å²) in [4.78, 5) is 0. The zero-order chi connectivity index (χ0) is 30.3. The van der Waals surface area contributed by atoms with Gasteiger partial charge in [0.1, 0.15) is 0 Å². The Morgan fingerprint density at radius 3 is 0.857 bits per heavy atom. The third-order valence-corrected chi connectivity index (χ3v) is 8.99. The van der Waals surface area contributed by atoms with Crippen LogP contribution in [0.1, 0.15) is 226 Å². The molecule has 0 bridgehead atoms. The maximum atomic E-state index is 5.81. The van der Waals surface area contributed by atoms with E-state index in [1.807, 2.05) is 0 Å².